The van der Waals surface area contributed by atoms with Crippen LogP contribution in [0.3, 0.4) is 0 Å². The van der Waals surface area contributed by atoms with Crippen LogP contribution in [0.2, 0.25) is 0 Å². The van der Waals surface area contributed by atoms with Gasteiger partial charge in [-0.3, -0.25) is 9.59 Å². The molecule has 0 radical (unpaired) electrons. The predicted molar refractivity (Wildman–Crippen MR) is 72.7 cm³/mol. The number of carboxylic acids is 1. The molecule has 0 amide bonds. The van der Waals surface area contributed by atoms with Crippen molar-refractivity contribution >= 4 is 11.8 Å². The zero-order valence-corrected chi connectivity index (χ0v) is 12.1. The number of hydrogen-bond donors (Lipinski definition) is 2. The lowest BCUT2D eigenvalue weighted by molar-refractivity contribution is -0.269. The predicted octanol–water partition coefficient (Wildman–Crippen LogP) is 2.53. The Kier molecular flexibility index (Phi) is 3.34. The SMILES string of the molecule is O=C(O)C1CC[C@@]2(CC1=O)CC(O)(C(F)(F)F)c1ccccc12. The van der Waals surface area contributed by atoms with Crippen molar-refractivity contribution in [1.82, 2.24) is 0 Å². The summed E-state index contributed by atoms with van der Waals surface area (Å²) in [7, 11) is 0. The molecule has 2 aliphatic carbocycles. The molecule has 3 atom stereocenters. The second-order valence-electron chi connectivity index (χ2n) is 6.43. The highest BCUT2D eigenvalue weighted by Gasteiger charge is 2.65. The van der Waals surface area contributed by atoms with Crippen molar-refractivity contribution in [2.75, 3.05) is 0 Å². The minimum absolute atomic E-state index is 0.0174. The Morgan fingerprint density at radius 1 is 1.22 bits per heavy atom. The lowest BCUT2D eigenvalue weighted by Crippen LogP contribution is -2.44. The first-order valence-corrected chi connectivity index (χ1v) is 7.25. The number of Topliss-reactive ketones (excluding diaryl/α,β-unsaturated/α-hetero) is 1. The number of hydrogen-bond acceptors (Lipinski definition) is 3. The lowest BCUT2D eigenvalue weighted by Gasteiger charge is -2.37. The van der Waals surface area contributed by atoms with Gasteiger partial charge in [0.2, 0.25) is 0 Å². The minimum Gasteiger partial charge on any atom is -0.481 e. The van der Waals surface area contributed by atoms with Crippen molar-refractivity contribution in [3.05, 3.63) is 35.4 Å². The van der Waals surface area contributed by atoms with Gasteiger partial charge in [0, 0.05) is 11.8 Å². The van der Waals surface area contributed by atoms with Crippen LogP contribution in [-0.4, -0.2) is 28.1 Å². The van der Waals surface area contributed by atoms with Crippen molar-refractivity contribution < 1.29 is 33.0 Å². The molecule has 3 rings (SSSR count). The van der Waals surface area contributed by atoms with Crippen LogP contribution in [0.5, 0.6) is 0 Å². The summed E-state index contributed by atoms with van der Waals surface area (Å²) >= 11 is 0. The maximum absolute atomic E-state index is 13.4. The zero-order valence-electron chi connectivity index (χ0n) is 12.1. The molecule has 124 valence electrons. The van der Waals surface area contributed by atoms with Gasteiger partial charge in [-0.1, -0.05) is 24.3 Å². The van der Waals surface area contributed by atoms with E-state index < -0.39 is 41.3 Å². The van der Waals surface area contributed by atoms with Crippen LogP contribution >= 0.6 is 0 Å². The Bertz CT molecular complexity index is 684. The average molecular weight is 328 g/mol. The Labute approximate surface area is 129 Å². The molecule has 1 aromatic rings. The fourth-order valence-electron chi connectivity index (χ4n) is 4.01. The number of halogens is 3. The number of aliphatic carboxylic acids is 1. The number of ketones is 1. The van der Waals surface area contributed by atoms with E-state index in [0.717, 1.165) is 0 Å². The zero-order chi connectivity index (χ0) is 17.0. The molecule has 7 heteroatoms. The average Bonchev–Trinajstić information content (AvgIpc) is 2.69. The third-order valence-corrected chi connectivity index (χ3v) is 5.12. The summed E-state index contributed by atoms with van der Waals surface area (Å²) in [6.45, 7) is 0. The standard InChI is InChI=1S/C16H15F3O4/c17-16(18,19)15(23)8-14(10-3-1-2-4-11(10)15)6-5-9(13(21)22)12(20)7-14/h1-4,9,23H,5-8H2,(H,21,22)/t9?,14-,15?/m1/s1. The molecule has 0 heterocycles. The van der Waals surface area contributed by atoms with Gasteiger partial charge in [-0.2, -0.15) is 13.2 Å². The third-order valence-electron chi connectivity index (χ3n) is 5.12. The summed E-state index contributed by atoms with van der Waals surface area (Å²) in [6, 6.07) is 5.70. The molecule has 4 nitrogen and oxygen atoms in total. The van der Waals surface area contributed by atoms with Gasteiger partial charge in [-0.15, -0.1) is 0 Å². The summed E-state index contributed by atoms with van der Waals surface area (Å²) in [4.78, 5) is 23.2. The molecule has 1 spiro atoms. The largest absolute Gasteiger partial charge is 0.481 e. The summed E-state index contributed by atoms with van der Waals surface area (Å²) in [5.41, 5.74) is -4.07. The van der Waals surface area contributed by atoms with Crippen molar-refractivity contribution in [2.24, 2.45) is 5.92 Å². The van der Waals surface area contributed by atoms with Gasteiger partial charge in [0.05, 0.1) is 0 Å². The Balaban J connectivity index is 2.07. The smallest absolute Gasteiger partial charge is 0.421 e. The van der Waals surface area contributed by atoms with Gasteiger partial charge in [-0.05, 0) is 30.4 Å². The summed E-state index contributed by atoms with van der Waals surface area (Å²) in [5.74, 6) is -3.00. The molecular formula is C16H15F3O4. The van der Waals surface area contributed by atoms with Crippen molar-refractivity contribution in [2.45, 2.75) is 42.9 Å². The highest BCUT2D eigenvalue weighted by molar-refractivity contribution is 5.99. The number of carboxylic acid groups (broad SMARTS) is 1. The van der Waals surface area contributed by atoms with E-state index in [1.54, 1.807) is 6.07 Å². The maximum atomic E-state index is 13.4. The summed E-state index contributed by atoms with van der Waals surface area (Å²) in [5, 5.41) is 19.3. The van der Waals surface area contributed by atoms with Crippen molar-refractivity contribution in [1.29, 1.82) is 0 Å². The van der Waals surface area contributed by atoms with E-state index in [2.05, 4.69) is 0 Å². The van der Waals surface area contributed by atoms with Gasteiger partial charge in [0.15, 0.2) is 5.60 Å². The molecule has 2 unspecified atom stereocenters. The number of carbonyl (C=O) groups is 2. The fourth-order valence-corrected chi connectivity index (χ4v) is 4.01. The number of fused-ring (bicyclic) bond motifs is 2. The van der Waals surface area contributed by atoms with E-state index in [0.29, 0.717) is 5.56 Å². The molecule has 0 bridgehead atoms. The number of alkyl halides is 3. The molecule has 1 aromatic carbocycles. The highest BCUT2D eigenvalue weighted by atomic mass is 19.4. The first-order valence-electron chi connectivity index (χ1n) is 7.25. The van der Waals surface area contributed by atoms with E-state index in [1.165, 1.54) is 18.2 Å². The first kappa shape index (κ1) is 16.0. The second kappa shape index (κ2) is 4.80. The maximum Gasteiger partial charge on any atom is 0.421 e. The number of carbonyl (C=O) groups excluding carboxylic acids is 1. The summed E-state index contributed by atoms with van der Waals surface area (Å²) in [6.07, 6.45) is -5.68. The van der Waals surface area contributed by atoms with Gasteiger partial charge < -0.3 is 10.2 Å². The van der Waals surface area contributed by atoms with Crippen LogP contribution < -0.4 is 0 Å². The van der Waals surface area contributed by atoms with Crippen molar-refractivity contribution in [3.8, 4) is 0 Å². The van der Waals surface area contributed by atoms with Gasteiger partial charge in [0.1, 0.15) is 11.7 Å². The quantitative estimate of drug-likeness (QED) is 0.777. The van der Waals surface area contributed by atoms with Crippen LogP contribution in [0.1, 0.15) is 36.8 Å². The number of aliphatic hydroxyl groups is 1. The topological polar surface area (TPSA) is 74.6 Å². The number of rotatable bonds is 1. The minimum atomic E-state index is -4.86. The summed E-state index contributed by atoms with van der Waals surface area (Å²) < 4.78 is 40.3. The van der Waals surface area contributed by atoms with Crippen LogP contribution in [0.15, 0.2) is 24.3 Å². The van der Waals surface area contributed by atoms with E-state index >= 15 is 0 Å². The van der Waals surface area contributed by atoms with Crippen LogP contribution in [-0.2, 0) is 20.6 Å². The van der Waals surface area contributed by atoms with Crippen LogP contribution in [0.4, 0.5) is 13.2 Å². The second-order valence-corrected chi connectivity index (χ2v) is 6.43. The first-order chi connectivity index (χ1) is 10.6. The van der Waals surface area contributed by atoms with E-state index in [-0.39, 0.29) is 24.8 Å². The van der Waals surface area contributed by atoms with E-state index in [4.69, 9.17) is 5.11 Å². The van der Waals surface area contributed by atoms with Crippen LogP contribution in [0.25, 0.3) is 0 Å². The number of benzene rings is 1. The molecule has 23 heavy (non-hydrogen) atoms. The fraction of sp³-hybridized carbons (Fsp3) is 0.500. The van der Waals surface area contributed by atoms with Gasteiger partial charge >= 0.3 is 12.1 Å². The molecule has 1 fully saturated rings. The molecule has 1 saturated carbocycles. The molecule has 0 saturated heterocycles. The van der Waals surface area contributed by atoms with E-state index in [1.807, 2.05) is 0 Å². The monoisotopic (exact) mass is 328 g/mol. The third kappa shape index (κ3) is 2.17. The van der Waals surface area contributed by atoms with Gasteiger partial charge in [0.25, 0.3) is 0 Å². The van der Waals surface area contributed by atoms with Crippen LogP contribution in [0, 0.1) is 5.92 Å². The Morgan fingerprint density at radius 2 is 1.83 bits per heavy atom. The Hall–Kier alpha value is -1.89. The molecule has 0 aliphatic heterocycles. The molecule has 2 N–H and O–H groups in total. The molecular weight excluding hydrogens is 313 g/mol. The van der Waals surface area contributed by atoms with Gasteiger partial charge in [-0.25, -0.2) is 0 Å². The van der Waals surface area contributed by atoms with Crippen molar-refractivity contribution in [3.63, 3.8) is 0 Å². The lowest BCUT2D eigenvalue weighted by atomic mass is 9.66. The van der Waals surface area contributed by atoms with E-state index in [9.17, 15) is 27.9 Å². The normalized spacial score (nSPS) is 33.7. The highest BCUT2D eigenvalue weighted by Crippen LogP contribution is 2.59. The molecule has 0 aromatic heterocycles. The Morgan fingerprint density at radius 3 is 2.35 bits per heavy atom. The molecule has 2 aliphatic rings.